The van der Waals surface area contributed by atoms with E-state index in [0.29, 0.717) is 6.42 Å². The molecule has 0 atom stereocenters. The van der Waals surface area contributed by atoms with Crippen LogP contribution in [0.25, 0.3) is 0 Å². The predicted octanol–water partition coefficient (Wildman–Crippen LogP) is 2.53. The Kier molecular flexibility index (Phi) is 2.51. The van der Waals surface area contributed by atoms with Crippen molar-refractivity contribution in [2.24, 2.45) is 0 Å². The molecule has 0 spiro atoms. The van der Waals surface area contributed by atoms with Gasteiger partial charge < -0.3 is 9.53 Å². The third kappa shape index (κ3) is 2.20. The van der Waals surface area contributed by atoms with Crippen molar-refractivity contribution < 1.29 is 9.53 Å². The third-order valence-electron chi connectivity index (χ3n) is 2.68. The third-order valence-corrected chi connectivity index (χ3v) is 2.68. The molecule has 0 saturated carbocycles. The van der Waals surface area contributed by atoms with Crippen LogP contribution >= 0.6 is 0 Å². The minimum absolute atomic E-state index is 0.0778. The Labute approximate surface area is 90.3 Å². The molecule has 0 saturated heterocycles. The van der Waals surface area contributed by atoms with Gasteiger partial charge in [-0.25, -0.2) is 0 Å². The first-order valence-electron chi connectivity index (χ1n) is 5.35. The monoisotopic (exact) mass is 204 g/mol. The van der Waals surface area contributed by atoms with Gasteiger partial charge in [-0.1, -0.05) is 12.1 Å². The van der Waals surface area contributed by atoms with Crippen molar-refractivity contribution in [3.05, 3.63) is 29.3 Å². The Bertz CT molecular complexity index is 380. The molecule has 1 heterocycles. The van der Waals surface area contributed by atoms with Crippen molar-refractivity contribution in [2.45, 2.75) is 38.7 Å². The molecule has 0 radical (unpaired) electrons. The molecule has 1 aliphatic heterocycles. The van der Waals surface area contributed by atoms with Gasteiger partial charge >= 0.3 is 0 Å². The Balaban J connectivity index is 2.18. The highest BCUT2D eigenvalue weighted by Crippen LogP contribution is 2.35. The highest BCUT2D eigenvalue weighted by molar-refractivity contribution is 5.50. The summed E-state index contributed by atoms with van der Waals surface area (Å²) in [4.78, 5) is 10.3. The minimum atomic E-state index is -0.0778. The summed E-state index contributed by atoms with van der Waals surface area (Å²) in [5.41, 5.74) is 2.41. The van der Waals surface area contributed by atoms with Crippen molar-refractivity contribution in [3.8, 4) is 5.75 Å². The number of aldehydes is 1. The zero-order chi connectivity index (χ0) is 10.9. The molecular weight excluding hydrogens is 188 g/mol. The lowest BCUT2D eigenvalue weighted by molar-refractivity contribution is -0.107. The van der Waals surface area contributed by atoms with E-state index in [1.165, 1.54) is 11.1 Å². The zero-order valence-electron chi connectivity index (χ0n) is 9.25. The van der Waals surface area contributed by atoms with E-state index < -0.39 is 0 Å². The maximum Gasteiger partial charge on any atom is 0.123 e. The normalized spacial score (nSPS) is 16.9. The molecule has 0 aromatic heterocycles. The highest BCUT2D eigenvalue weighted by atomic mass is 16.5. The molecule has 0 N–H and O–H groups in total. The Morgan fingerprint density at radius 1 is 1.47 bits per heavy atom. The van der Waals surface area contributed by atoms with Gasteiger partial charge in [0.05, 0.1) is 0 Å². The maximum atomic E-state index is 10.3. The van der Waals surface area contributed by atoms with Gasteiger partial charge in [0.15, 0.2) is 0 Å². The molecule has 15 heavy (non-hydrogen) atoms. The molecule has 0 aliphatic carbocycles. The Morgan fingerprint density at radius 3 is 3.00 bits per heavy atom. The average molecular weight is 204 g/mol. The molecule has 0 fully saturated rings. The molecule has 2 nitrogen and oxygen atoms in total. The zero-order valence-corrected chi connectivity index (χ0v) is 9.25. The van der Waals surface area contributed by atoms with Crippen molar-refractivity contribution in [1.82, 2.24) is 0 Å². The molecule has 1 aliphatic rings. The van der Waals surface area contributed by atoms with Crippen LogP contribution in [-0.4, -0.2) is 11.9 Å². The Hall–Kier alpha value is -1.31. The average Bonchev–Trinajstić information content (AvgIpc) is 2.47. The van der Waals surface area contributed by atoms with Gasteiger partial charge in [-0.15, -0.1) is 0 Å². The summed E-state index contributed by atoms with van der Waals surface area (Å²) in [6, 6.07) is 6.22. The van der Waals surface area contributed by atoms with Crippen LogP contribution in [0.15, 0.2) is 18.2 Å². The SMILES string of the molecule is CC1(C)Cc2cc(CCC=O)ccc2O1. The van der Waals surface area contributed by atoms with Gasteiger partial charge in [-0.3, -0.25) is 0 Å². The second-order valence-corrected chi connectivity index (χ2v) is 4.69. The molecule has 0 amide bonds. The van der Waals surface area contributed by atoms with E-state index in [9.17, 15) is 4.79 Å². The molecule has 0 unspecified atom stereocenters. The first-order valence-corrected chi connectivity index (χ1v) is 5.35. The number of rotatable bonds is 3. The highest BCUT2D eigenvalue weighted by Gasteiger charge is 2.29. The van der Waals surface area contributed by atoms with Crippen molar-refractivity contribution in [2.75, 3.05) is 0 Å². The van der Waals surface area contributed by atoms with Gasteiger partial charge in [0.2, 0.25) is 0 Å². The molecule has 1 aromatic rings. The van der Waals surface area contributed by atoms with Crippen LogP contribution in [0.1, 0.15) is 31.4 Å². The number of carbonyl (C=O) groups excluding carboxylic acids is 1. The minimum Gasteiger partial charge on any atom is -0.487 e. The van der Waals surface area contributed by atoms with Crippen molar-refractivity contribution in [1.29, 1.82) is 0 Å². The van der Waals surface area contributed by atoms with Crippen LogP contribution in [0.4, 0.5) is 0 Å². The van der Waals surface area contributed by atoms with Crippen LogP contribution in [0.2, 0.25) is 0 Å². The first-order chi connectivity index (χ1) is 7.11. The van der Waals surface area contributed by atoms with E-state index in [-0.39, 0.29) is 5.60 Å². The number of carbonyl (C=O) groups is 1. The Morgan fingerprint density at radius 2 is 2.27 bits per heavy atom. The molecule has 2 heteroatoms. The second-order valence-electron chi connectivity index (χ2n) is 4.69. The first kappa shape index (κ1) is 10.2. The van der Waals surface area contributed by atoms with Gasteiger partial charge in [-0.2, -0.15) is 0 Å². The standard InChI is InChI=1S/C13H16O2/c1-13(2)9-11-8-10(4-3-7-14)5-6-12(11)15-13/h5-8H,3-4,9H2,1-2H3. The van der Waals surface area contributed by atoms with E-state index in [4.69, 9.17) is 4.74 Å². The van der Waals surface area contributed by atoms with E-state index in [1.807, 2.05) is 12.1 Å². The number of hydrogen-bond acceptors (Lipinski definition) is 2. The smallest absolute Gasteiger partial charge is 0.123 e. The number of benzene rings is 1. The lowest BCUT2D eigenvalue weighted by atomic mass is 9.99. The lowest BCUT2D eigenvalue weighted by Gasteiger charge is -2.16. The summed E-state index contributed by atoms with van der Waals surface area (Å²) in [5, 5.41) is 0. The van der Waals surface area contributed by atoms with Crippen LogP contribution in [0.3, 0.4) is 0 Å². The van der Waals surface area contributed by atoms with Gasteiger partial charge in [-0.05, 0) is 37.5 Å². The summed E-state index contributed by atoms with van der Waals surface area (Å²) in [7, 11) is 0. The van der Waals surface area contributed by atoms with Gasteiger partial charge in [0.1, 0.15) is 17.6 Å². The number of ether oxygens (including phenoxy) is 1. The van der Waals surface area contributed by atoms with Crippen LogP contribution in [0, 0.1) is 0 Å². The second kappa shape index (κ2) is 3.69. The van der Waals surface area contributed by atoms with Crippen LogP contribution in [-0.2, 0) is 17.6 Å². The molecular formula is C13H16O2. The van der Waals surface area contributed by atoms with Crippen molar-refractivity contribution in [3.63, 3.8) is 0 Å². The number of hydrogen-bond donors (Lipinski definition) is 0. The van der Waals surface area contributed by atoms with Gasteiger partial charge in [0, 0.05) is 12.8 Å². The van der Waals surface area contributed by atoms with Crippen molar-refractivity contribution >= 4 is 6.29 Å². The summed E-state index contributed by atoms with van der Waals surface area (Å²) in [5.74, 6) is 0.995. The van der Waals surface area contributed by atoms with Crippen LogP contribution < -0.4 is 4.74 Å². The number of fused-ring (bicyclic) bond motifs is 1. The molecule has 1 aromatic carbocycles. The molecule has 80 valence electrons. The summed E-state index contributed by atoms with van der Waals surface area (Å²) in [6.45, 7) is 4.19. The quantitative estimate of drug-likeness (QED) is 0.707. The van der Waals surface area contributed by atoms with E-state index in [0.717, 1.165) is 24.9 Å². The lowest BCUT2D eigenvalue weighted by Crippen LogP contribution is -2.24. The fourth-order valence-electron chi connectivity index (χ4n) is 2.04. The summed E-state index contributed by atoms with van der Waals surface area (Å²) >= 11 is 0. The van der Waals surface area contributed by atoms with E-state index >= 15 is 0 Å². The van der Waals surface area contributed by atoms with E-state index in [2.05, 4.69) is 19.9 Å². The fraction of sp³-hybridized carbons (Fsp3) is 0.462. The maximum absolute atomic E-state index is 10.3. The summed E-state index contributed by atoms with van der Waals surface area (Å²) in [6.07, 6.45) is 3.35. The van der Waals surface area contributed by atoms with Gasteiger partial charge in [0.25, 0.3) is 0 Å². The summed E-state index contributed by atoms with van der Waals surface area (Å²) < 4.78 is 5.78. The fourth-order valence-corrected chi connectivity index (χ4v) is 2.04. The molecule has 0 bridgehead atoms. The number of aryl methyl sites for hydroxylation is 1. The van der Waals surface area contributed by atoms with Crippen LogP contribution in [0.5, 0.6) is 5.75 Å². The van der Waals surface area contributed by atoms with E-state index in [1.54, 1.807) is 0 Å². The molecule has 2 rings (SSSR count). The topological polar surface area (TPSA) is 26.3 Å². The predicted molar refractivity (Wildman–Crippen MR) is 59.2 cm³/mol. The largest absolute Gasteiger partial charge is 0.487 e.